The average Bonchev–Trinajstić information content (AvgIpc) is 2.40. The summed E-state index contributed by atoms with van der Waals surface area (Å²) in [7, 11) is 1.64. The molecule has 2 N–H and O–H groups in total. The van der Waals surface area contributed by atoms with Crippen molar-refractivity contribution in [2.24, 2.45) is 5.73 Å². The standard InChI is InChI=1S/C13H17N3O2/c1-15-6-7-16(13(18)12(15)17)9-11-5-3-2-4-10(11)8-14/h2-5H,6-9,14H2,1H3. The Bertz CT molecular complexity index is 473. The molecule has 1 saturated heterocycles. The van der Waals surface area contributed by atoms with Crippen LogP contribution in [0.5, 0.6) is 0 Å². The summed E-state index contributed by atoms with van der Waals surface area (Å²) in [6, 6.07) is 7.72. The van der Waals surface area contributed by atoms with Crippen molar-refractivity contribution in [2.45, 2.75) is 13.1 Å². The fraction of sp³-hybridized carbons (Fsp3) is 0.385. The van der Waals surface area contributed by atoms with E-state index < -0.39 is 11.8 Å². The largest absolute Gasteiger partial charge is 0.336 e. The topological polar surface area (TPSA) is 66.6 Å². The highest BCUT2D eigenvalue weighted by molar-refractivity contribution is 6.35. The third kappa shape index (κ3) is 2.36. The van der Waals surface area contributed by atoms with Crippen LogP contribution in [0.1, 0.15) is 11.1 Å². The molecular formula is C13H17N3O2. The van der Waals surface area contributed by atoms with Gasteiger partial charge in [0.1, 0.15) is 0 Å². The molecule has 1 aliphatic heterocycles. The zero-order valence-corrected chi connectivity index (χ0v) is 10.4. The number of hydrogen-bond acceptors (Lipinski definition) is 3. The van der Waals surface area contributed by atoms with Gasteiger partial charge in [0.25, 0.3) is 0 Å². The number of hydrogen-bond donors (Lipinski definition) is 1. The number of likely N-dealkylation sites (N-methyl/N-ethyl adjacent to an activating group) is 1. The van der Waals surface area contributed by atoms with Gasteiger partial charge in [0, 0.05) is 33.2 Å². The van der Waals surface area contributed by atoms with Crippen molar-refractivity contribution in [2.75, 3.05) is 20.1 Å². The normalized spacial score (nSPS) is 16.3. The van der Waals surface area contributed by atoms with Crippen molar-refractivity contribution in [3.8, 4) is 0 Å². The Labute approximate surface area is 106 Å². The lowest BCUT2D eigenvalue weighted by Crippen LogP contribution is -2.52. The molecule has 18 heavy (non-hydrogen) atoms. The van der Waals surface area contributed by atoms with E-state index in [1.165, 1.54) is 4.90 Å². The van der Waals surface area contributed by atoms with Crippen LogP contribution in [0.2, 0.25) is 0 Å². The second-order valence-corrected chi connectivity index (χ2v) is 4.43. The van der Waals surface area contributed by atoms with Gasteiger partial charge in [0.05, 0.1) is 0 Å². The Hall–Kier alpha value is -1.88. The molecule has 1 aromatic rings. The van der Waals surface area contributed by atoms with E-state index in [0.29, 0.717) is 26.2 Å². The molecule has 0 spiro atoms. The van der Waals surface area contributed by atoms with Crippen LogP contribution in [-0.4, -0.2) is 41.8 Å². The van der Waals surface area contributed by atoms with Crippen molar-refractivity contribution in [3.05, 3.63) is 35.4 Å². The Morgan fingerprint density at radius 2 is 1.78 bits per heavy atom. The van der Waals surface area contributed by atoms with Crippen molar-refractivity contribution in [1.29, 1.82) is 0 Å². The zero-order valence-electron chi connectivity index (χ0n) is 10.4. The first-order valence-electron chi connectivity index (χ1n) is 5.94. The van der Waals surface area contributed by atoms with E-state index in [2.05, 4.69) is 0 Å². The Morgan fingerprint density at radius 1 is 1.11 bits per heavy atom. The molecule has 1 aliphatic rings. The van der Waals surface area contributed by atoms with E-state index >= 15 is 0 Å². The van der Waals surface area contributed by atoms with Gasteiger partial charge < -0.3 is 15.5 Å². The molecule has 5 heteroatoms. The number of carbonyl (C=O) groups excluding carboxylic acids is 2. The fourth-order valence-electron chi connectivity index (χ4n) is 2.04. The fourth-order valence-corrected chi connectivity index (χ4v) is 2.04. The minimum atomic E-state index is -0.438. The molecule has 2 amide bonds. The molecule has 5 nitrogen and oxygen atoms in total. The Morgan fingerprint density at radius 3 is 2.44 bits per heavy atom. The van der Waals surface area contributed by atoms with Crippen molar-refractivity contribution >= 4 is 11.8 Å². The number of nitrogens with two attached hydrogens (primary N) is 1. The van der Waals surface area contributed by atoms with E-state index in [1.54, 1.807) is 11.9 Å². The van der Waals surface area contributed by atoms with Gasteiger partial charge in [-0.15, -0.1) is 0 Å². The van der Waals surface area contributed by atoms with Crippen molar-refractivity contribution < 1.29 is 9.59 Å². The lowest BCUT2D eigenvalue weighted by Gasteiger charge is -2.31. The summed E-state index contributed by atoms with van der Waals surface area (Å²) in [6.45, 7) is 2.03. The van der Waals surface area contributed by atoms with Gasteiger partial charge in [-0.05, 0) is 11.1 Å². The molecule has 0 aromatic heterocycles. The van der Waals surface area contributed by atoms with Crippen LogP contribution >= 0.6 is 0 Å². The van der Waals surface area contributed by atoms with Gasteiger partial charge >= 0.3 is 11.8 Å². The number of amides is 2. The van der Waals surface area contributed by atoms with Crippen LogP contribution in [0.3, 0.4) is 0 Å². The number of nitrogens with zero attached hydrogens (tertiary/aromatic N) is 2. The van der Waals surface area contributed by atoms with Crippen molar-refractivity contribution in [1.82, 2.24) is 9.80 Å². The second-order valence-electron chi connectivity index (χ2n) is 4.43. The van der Waals surface area contributed by atoms with Crippen molar-refractivity contribution in [3.63, 3.8) is 0 Å². The first kappa shape index (κ1) is 12.6. The summed E-state index contributed by atoms with van der Waals surface area (Å²) in [5, 5.41) is 0. The van der Waals surface area contributed by atoms with E-state index in [4.69, 9.17) is 5.73 Å². The summed E-state index contributed by atoms with van der Waals surface area (Å²) < 4.78 is 0. The maximum Gasteiger partial charge on any atom is 0.312 e. The third-order valence-electron chi connectivity index (χ3n) is 3.22. The summed E-state index contributed by atoms with van der Waals surface area (Å²) in [4.78, 5) is 26.5. The summed E-state index contributed by atoms with van der Waals surface area (Å²) in [5.41, 5.74) is 7.68. The summed E-state index contributed by atoms with van der Waals surface area (Å²) in [5.74, 6) is -0.873. The molecule has 2 rings (SSSR count). The molecule has 1 heterocycles. The molecule has 0 unspecified atom stereocenters. The lowest BCUT2D eigenvalue weighted by molar-refractivity contribution is -0.155. The SMILES string of the molecule is CN1CCN(Cc2ccccc2CN)C(=O)C1=O. The molecule has 96 valence electrons. The van der Waals surface area contributed by atoms with Gasteiger partial charge in [-0.1, -0.05) is 24.3 Å². The van der Waals surface area contributed by atoms with Gasteiger partial charge in [-0.3, -0.25) is 9.59 Å². The second kappa shape index (κ2) is 5.18. The van der Waals surface area contributed by atoms with Crippen LogP contribution in [-0.2, 0) is 22.7 Å². The van der Waals surface area contributed by atoms with Crippen LogP contribution in [0.25, 0.3) is 0 Å². The maximum atomic E-state index is 11.8. The smallest absolute Gasteiger partial charge is 0.312 e. The first-order chi connectivity index (χ1) is 8.63. The molecule has 1 fully saturated rings. The number of carbonyl (C=O) groups is 2. The highest BCUT2D eigenvalue weighted by Crippen LogP contribution is 2.13. The summed E-state index contributed by atoms with van der Waals surface area (Å²) >= 11 is 0. The quantitative estimate of drug-likeness (QED) is 0.761. The highest BCUT2D eigenvalue weighted by atomic mass is 16.2. The van der Waals surface area contributed by atoms with E-state index in [-0.39, 0.29) is 0 Å². The Kier molecular flexibility index (Phi) is 3.62. The molecule has 0 aliphatic carbocycles. The minimum absolute atomic E-state index is 0.435. The molecule has 0 atom stereocenters. The summed E-state index contributed by atoms with van der Waals surface area (Å²) in [6.07, 6.45) is 0. The number of benzene rings is 1. The van der Waals surface area contributed by atoms with Gasteiger partial charge in [0.2, 0.25) is 0 Å². The van der Waals surface area contributed by atoms with Crippen LogP contribution < -0.4 is 5.73 Å². The van der Waals surface area contributed by atoms with E-state index in [1.807, 2.05) is 24.3 Å². The maximum absolute atomic E-state index is 11.8. The highest BCUT2D eigenvalue weighted by Gasteiger charge is 2.30. The zero-order chi connectivity index (χ0) is 13.1. The van der Waals surface area contributed by atoms with Crippen LogP contribution in [0.4, 0.5) is 0 Å². The predicted molar refractivity (Wildman–Crippen MR) is 67.4 cm³/mol. The molecule has 0 saturated carbocycles. The van der Waals surface area contributed by atoms with Gasteiger partial charge in [0.15, 0.2) is 0 Å². The molecule has 0 bridgehead atoms. The minimum Gasteiger partial charge on any atom is -0.336 e. The lowest BCUT2D eigenvalue weighted by atomic mass is 10.1. The molecule has 0 radical (unpaired) electrons. The van der Waals surface area contributed by atoms with E-state index in [9.17, 15) is 9.59 Å². The monoisotopic (exact) mass is 247 g/mol. The number of rotatable bonds is 3. The van der Waals surface area contributed by atoms with Gasteiger partial charge in [-0.2, -0.15) is 0 Å². The van der Waals surface area contributed by atoms with Gasteiger partial charge in [-0.25, -0.2) is 0 Å². The predicted octanol–water partition coefficient (Wildman–Crippen LogP) is -0.0541. The van der Waals surface area contributed by atoms with Crippen LogP contribution in [0, 0.1) is 0 Å². The number of piperazine rings is 1. The first-order valence-corrected chi connectivity index (χ1v) is 5.94. The molecular weight excluding hydrogens is 230 g/mol. The average molecular weight is 247 g/mol. The van der Waals surface area contributed by atoms with E-state index in [0.717, 1.165) is 11.1 Å². The Balaban J connectivity index is 2.14. The van der Waals surface area contributed by atoms with Crippen LogP contribution in [0.15, 0.2) is 24.3 Å². The third-order valence-corrected chi connectivity index (χ3v) is 3.22. The molecule has 1 aromatic carbocycles.